The molecule has 2 aromatic rings. The Labute approximate surface area is 150 Å². The van der Waals surface area contributed by atoms with E-state index >= 15 is 0 Å². The molecule has 2 nitrogen and oxygen atoms in total. The molecule has 0 bridgehead atoms. The molecule has 2 heteroatoms. The van der Waals surface area contributed by atoms with Gasteiger partial charge in [0.1, 0.15) is 5.92 Å². The van der Waals surface area contributed by atoms with Crippen molar-refractivity contribution in [3.63, 3.8) is 0 Å². The van der Waals surface area contributed by atoms with Gasteiger partial charge in [-0.25, -0.2) is 0 Å². The molecule has 1 fully saturated rings. The minimum absolute atomic E-state index is 0.0808. The predicted octanol–water partition coefficient (Wildman–Crippen LogP) is 4.53. The number of benzene rings is 2. The van der Waals surface area contributed by atoms with Crippen LogP contribution < -0.4 is 0 Å². The van der Waals surface area contributed by atoms with Crippen molar-refractivity contribution in [2.24, 2.45) is 0 Å². The number of nitrogens with zero attached hydrogens (tertiary/aromatic N) is 1. The first-order valence-corrected chi connectivity index (χ1v) is 9.19. The maximum Gasteiger partial charge on any atom is 0.182 e. The van der Waals surface area contributed by atoms with Crippen LogP contribution in [0.5, 0.6) is 0 Å². The second kappa shape index (κ2) is 9.20. The van der Waals surface area contributed by atoms with E-state index in [2.05, 4.69) is 16.7 Å². The first-order valence-electron chi connectivity index (χ1n) is 9.19. The minimum Gasteiger partial charge on any atom is -0.302 e. The molecular formula is C23H25NO. The predicted molar refractivity (Wildman–Crippen MR) is 103 cm³/mol. The molecule has 0 saturated carbocycles. The van der Waals surface area contributed by atoms with Gasteiger partial charge >= 0.3 is 0 Å². The topological polar surface area (TPSA) is 20.3 Å². The van der Waals surface area contributed by atoms with Gasteiger partial charge in [0.15, 0.2) is 5.78 Å². The van der Waals surface area contributed by atoms with Crippen molar-refractivity contribution in [3.05, 3.63) is 71.8 Å². The lowest BCUT2D eigenvalue weighted by Crippen LogP contribution is -2.30. The highest BCUT2D eigenvalue weighted by Crippen LogP contribution is 2.20. The molecule has 128 valence electrons. The molecule has 0 amide bonds. The normalized spacial score (nSPS) is 15.8. The number of hydrogen-bond acceptors (Lipinski definition) is 2. The van der Waals surface area contributed by atoms with Crippen molar-refractivity contribution in [2.75, 3.05) is 19.6 Å². The van der Waals surface area contributed by atoms with Gasteiger partial charge < -0.3 is 4.90 Å². The Morgan fingerprint density at radius 1 is 0.920 bits per heavy atom. The highest BCUT2D eigenvalue weighted by molar-refractivity contribution is 6.03. The van der Waals surface area contributed by atoms with Crippen molar-refractivity contribution in [1.82, 2.24) is 4.90 Å². The van der Waals surface area contributed by atoms with Gasteiger partial charge in [0.25, 0.3) is 0 Å². The van der Waals surface area contributed by atoms with Crippen molar-refractivity contribution >= 4 is 5.78 Å². The molecule has 2 aromatic carbocycles. The van der Waals surface area contributed by atoms with Crippen molar-refractivity contribution in [3.8, 4) is 11.8 Å². The molecule has 0 spiro atoms. The van der Waals surface area contributed by atoms with E-state index in [4.69, 9.17) is 0 Å². The quantitative estimate of drug-likeness (QED) is 0.592. The van der Waals surface area contributed by atoms with E-state index in [1.54, 1.807) is 0 Å². The van der Waals surface area contributed by atoms with Crippen molar-refractivity contribution in [1.29, 1.82) is 0 Å². The summed E-state index contributed by atoms with van der Waals surface area (Å²) in [6, 6.07) is 19.4. The van der Waals surface area contributed by atoms with Crippen LogP contribution in [0.2, 0.25) is 0 Å². The SMILES string of the molecule is O=C(c1ccccc1)[C@H](C#CCCN1CCCCC1)c1ccccc1. The summed E-state index contributed by atoms with van der Waals surface area (Å²) in [5.74, 6) is 6.21. The summed E-state index contributed by atoms with van der Waals surface area (Å²) in [6.07, 6.45) is 4.77. The number of ketones is 1. The zero-order valence-corrected chi connectivity index (χ0v) is 14.7. The van der Waals surface area contributed by atoms with Crippen LogP contribution >= 0.6 is 0 Å². The Kier molecular flexibility index (Phi) is 6.42. The van der Waals surface area contributed by atoms with E-state index in [0.717, 1.165) is 24.1 Å². The van der Waals surface area contributed by atoms with Gasteiger partial charge in [-0.1, -0.05) is 73.0 Å². The molecule has 25 heavy (non-hydrogen) atoms. The van der Waals surface area contributed by atoms with Gasteiger partial charge in [0, 0.05) is 18.5 Å². The van der Waals surface area contributed by atoms with Gasteiger partial charge in [0.2, 0.25) is 0 Å². The second-order valence-corrected chi connectivity index (χ2v) is 6.55. The summed E-state index contributed by atoms with van der Waals surface area (Å²) in [5, 5.41) is 0. The first-order chi connectivity index (χ1) is 12.3. The fraction of sp³-hybridized carbons (Fsp3) is 0.348. The minimum atomic E-state index is -0.384. The molecule has 1 aliphatic rings. The van der Waals surface area contributed by atoms with Crippen molar-refractivity contribution < 1.29 is 4.79 Å². The molecule has 1 saturated heterocycles. The number of carbonyl (C=O) groups is 1. The lowest BCUT2D eigenvalue weighted by atomic mass is 9.91. The summed E-state index contributed by atoms with van der Waals surface area (Å²) in [6.45, 7) is 3.38. The number of likely N-dealkylation sites (tertiary alicyclic amines) is 1. The van der Waals surface area contributed by atoms with Crippen LogP contribution in [-0.2, 0) is 0 Å². The van der Waals surface area contributed by atoms with E-state index in [0.29, 0.717) is 0 Å². The maximum atomic E-state index is 12.9. The Morgan fingerprint density at radius 3 is 2.24 bits per heavy atom. The van der Waals surface area contributed by atoms with Crippen LogP contribution in [0.25, 0.3) is 0 Å². The lowest BCUT2D eigenvalue weighted by molar-refractivity contribution is 0.0979. The summed E-state index contributed by atoms with van der Waals surface area (Å²) < 4.78 is 0. The van der Waals surface area contributed by atoms with E-state index in [1.165, 1.54) is 32.4 Å². The summed E-state index contributed by atoms with van der Waals surface area (Å²) in [7, 11) is 0. The van der Waals surface area contributed by atoms with Gasteiger partial charge in [-0.05, 0) is 31.5 Å². The number of rotatable bonds is 5. The number of Topliss-reactive ketones (excluding diaryl/α,β-unsaturated/α-hetero) is 1. The molecule has 1 heterocycles. The molecule has 3 rings (SSSR count). The lowest BCUT2D eigenvalue weighted by Gasteiger charge is -2.25. The monoisotopic (exact) mass is 331 g/mol. The van der Waals surface area contributed by atoms with Crippen LogP contribution in [0.15, 0.2) is 60.7 Å². The molecule has 0 radical (unpaired) electrons. The zero-order chi connectivity index (χ0) is 17.3. The third kappa shape index (κ3) is 5.05. The summed E-state index contributed by atoms with van der Waals surface area (Å²) >= 11 is 0. The van der Waals surface area contributed by atoms with Gasteiger partial charge in [0.05, 0.1) is 0 Å². The smallest absolute Gasteiger partial charge is 0.182 e. The molecular weight excluding hydrogens is 306 g/mol. The van der Waals surface area contributed by atoms with Crippen LogP contribution in [0.1, 0.15) is 47.5 Å². The Bertz CT molecular complexity index is 721. The van der Waals surface area contributed by atoms with E-state index in [1.807, 2.05) is 60.7 Å². The molecule has 0 aromatic heterocycles. The number of piperidine rings is 1. The number of hydrogen-bond donors (Lipinski definition) is 0. The summed E-state index contributed by atoms with van der Waals surface area (Å²) in [4.78, 5) is 15.4. The third-order valence-corrected chi connectivity index (χ3v) is 4.70. The highest BCUT2D eigenvalue weighted by atomic mass is 16.1. The molecule has 1 aliphatic heterocycles. The molecule has 1 atom stereocenters. The van der Waals surface area contributed by atoms with Gasteiger partial charge in [-0.15, -0.1) is 5.92 Å². The highest BCUT2D eigenvalue weighted by Gasteiger charge is 2.19. The van der Waals surface area contributed by atoms with E-state index in [9.17, 15) is 4.79 Å². The number of carbonyl (C=O) groups excluding carboxylic acids is 1. The maximum absolute atomic E-state index is 12.9. The average molecular weight is 331 g/mol. The summed E-state index contributed by atoms with van der Waals surface area (Å²) in [5.41, 5.74) is 1.70. The van der Waals surface area contributed by atoms with E-state index < -0.39 is 0 Å². The van der Waals surface area contributed by atoms with E-state index in [-0.39, 0.29) is 11.7 Å². The second-order valence-electron chi connectivity index (χ2n) is 6.55. The molecule has 0 N–H and O–H groups in total. The zero-order valence-electron chi connectivity index (χ0n) is 14.7. The van der Waals surface area contributed by atoms with Crippen LogP contribution in [0.3, 0.4) is 0 Å². The standard InChI is InChI=1S/C23H25NO/c25-23(21-14-6-2-7-15-21)22(20-12-4-1-5-13-20)16-8-11-19-24-17-9-3-10-18-24/h1-2,4-7,12-15,22H,3,9-11,17-19H2/t22-/m1/s1. The average Bonchev–Trinajstić information content (AvgIpc) is 2.70. The molecule has 0 unspecified atom stereocenters. The largest absolute Gasteiger partial charge is 0.302 e. The van der Waals surface area contributed by atoms with Crippen LogP contribution in [0, 0.1) is 11.8 Å². The Morgan fingerprint density at radius 2 is 1.56 bits per heavy atom. The van der Waals surface area contributed by atoms with Crippen molar-refractivity contribution in [2.45, 2.75) is 31.6 Å². The fourth-order valence-electron chi connectivity index (χ4n) is 3.29. The van der Waals surface area contributed by atoms with Crippen LogP contribution in [0.4, 0.5) is 0 Å². The van der Waals surface area contributed by atoms with Crippen LogP contribution in [-0.4, -0.2) is 30.3 Å². The molecule has 0 aliphatic carbocycles. The Hall–Kier alpha value is -2.37. The van der Waals surface area contributed by atoms with Gasteiger partial charge in [-0.3, -0.25) is 4.79 Å². The fourth-order valence-corrected chi connectivity index (χ4v) is 3.29. The third-order valence-electron chi connectivity index (χ3n) is 4.70. The van der Waals surface area contributed by atoms with Gasteiger partial charge in [-0.2, -0.15) is 0 Å². The first kappa shape index (κ1) is 17.5. The Balaban J connectivity index is 1.71.